The highest BCUT2D eigenvalue weighted by Crippen LogP contribution is 2.34. The van der Waals surface area contributed by atoms with E-state index in [9.17, 15) is 17.4 Å². The fourth-order valence-corrected chi connectivity index (χ4v) is 3.65. The molecule has 1 unspecified atom stereocenters. The fraction of sp³-hybridized carbons (Fsp3) is 0.0714. The van der Waals surface area contributed by atoms with Crippen molar-refractivity contribution in [1.29, 1.82) is 4.78 Å². The first kappa shape index (κ1) is 15.0. The zero-order valence-corrected chi connectivity index (χ0v) is 12.6. The quantitative estimate of drug-likeness (QED) is 0.721. The van der Waals surface area contributed by atoms with E-state index in [0.717, 1.165) is 27.8 Å². The molecule has 22 heavy (non-hydrogen) atoms. The van der Waals surface area contributed by atoms with Crippen LogP contribution in [0.2, 0.25) is 0 Å². The smallest absolute Gasteiger partial charge is 0.263 e. The number of aromatic nitrogens is 1. The number of hydrogen-bond donors (Lipinski definition) is 1. The number of pyridine rings is 1. The van der Waals surface area contributed by atoms with E-state index in [1.807, 2.05) is 11.4 Å². The number of halogens is 3. The number of nitrogens with one attached hydrogen (secondary N) is 1. The third-order valence-electron chi connectivity index (χ3n) is 3.20. The number of fused-ring (bicyclic) bond motifs is 1. The molecule has 0 radical (unpaired) electrons. The molecule has 0 aliphatic heterocycles. The third-order valence-corrected chi connectivity index (χ3v) is 5.64. The van der Waals surface area contributed by atoms with Gasteiger partial charge in [-0.3, -0.25) is 4.98 Å². The van der Waals surface area contributed by atoms with Gasteiger partial charge in [-0.1, -0.05) is 12.1 Å². The zero-order valence-electron chi connectivity index (χ0n) is 10.9. The van der Waals surface area contributed by atoms with Crippen LogP contribution in [0.4, 0.5) is 13.2 Å². The number of thiophene rings is 1. The summed E-state index contributed by atoms with van der Waals surface area (Å²) in [4.78, 5) is 3.56. The third kappa shape index (κ3) is 2.38. The Kier molecular flexibility index (Phi) is 3.45. The largest absolute Gasteiger partial charge is 0.483 e. The van der Waals surface area contributed by atoms with Crippen molar-refractivity contribution in [3.8, 4) is 11.1 Å². The molecule has 2 heterocycles. The highest BCUT2D eigenvalue weighted by Gasteiger charge is 2.43. The Hall–Kier alpha value is -1.93. The molecule has 1 atom stereocenters. The number of rotatable bonds is 2. The predicted molar refractivity (Wildman–Crippen MR) is 80.2 cm³/mol. The Morgan fingerprint density at radius 2 is 1.77 bits per heavy atom. The molecule has 0 saturated heterocycles. The molecular formula is C14H9F3N2OS2. The Balaban J connectivity index is 2.08. The molecule has 0 bridgehead atoms. The molecule has 0 saturated carbocycles. The van der Waals surface area contributed by atoms with Crippen molar-refractivity contribution in [2.45, 2.75) is 10.4 Å². The molecule has 2 aromatic heterocycles. The molecule has 3 nitrogen and oxygen atoms in total. The SMILES string of the molecule is N=S(=O)(c1ccc(-c2cncc3sccc23)cc1)C(F)(F)F. The summed E-state index contributed by atoms with van der Waals surface area (Å²) < 4.78 is 57.5. The maximum Gasteiger partial charge on any atom is 0.483 e. The van der Waals surface area contributed by atoms with Gasteiger partial charge in [0.1, 0.15) is 0 Å². The van der Waals surface area contributed by atoms with E-state index >= 15 is 0 Å². The van der Waals surface area contributed by atoms with Gasteiger partial charge in [0.25, 0.3) is 0 Å². The monoisotopic (exact) mass is 342 g/mol. The summed E-state index contributed by atoms with van der Waals surface area (Å²) in [6, 6.07) is 6.95. The lowest BCUT2D eigenvalue weighted by molar-refractivity contribution is -0.0406. The second-order valence-corrected chi connectivity index (χ2v) is 7.54. The van der Waals surface area contributed by atoms with E-state index in [1.165, 1.54) is 23.5 Å². The summed E-state index contributed by atoms with van der Waals surface area (Å²) in [6.07, 6.45) is 3.35. The van der Waals surface area contributed by atoms with Gasteiger partial charge >= 0.3 is 5.51 Å². The lowest BCUT2D eigenvalue weighted by atomic mass is 10.1. The van der Waals surface area contributed by atoms with Gasteiger partial charge < -0.3 is 0 Å². The van der Waals surface area contributed by atoms with Gasteiger partial charge in [0.2, 0.25) is 0 Å². The van der Waals surface area contributed by atoms with Crippen LogP contribution in [0.3, 0.4) is 0 Å². The Labute approximate surface area is 128 Å². The van der Waals surface area contributed by atoms with Crippen molar-refractivity contribution in [1.82, 2.24) is 4.98 Å². The van der Waals surface area contributed by atoms with Gasteiger partial charge in [0, 0.05) is 23.3 Å². The summed E-state index contributed by atoms with van der Waals surface area (Å²) in [5, 5.41) is 2.86. The summed E-state index contributed by atoms with van der Waals surface area (Å²) in [7, 11) is -4.82. The number of nitrogens with zero attached hydrogens (tertiary/aromatic N) is 1. The zero-order chi connectivity index (χ0) is 16.0. The first-order chi connectivity index (χ1) is 10.3. The van der Waals surface area contributed by atoms with Crippen LogP contribution < -0.4 is 0 Å². The topological polar surface area (TPSA) is 53.8 Å². The summed E-state index contributed by atoms with van der Waals surface area (Å²) in [5.41, 5.74) is -3.63. The molecule has 114 valence electrons. The standard InChI is InChI=1S/C14H9F3N2OS2/c15-14(16,17)22(18,20)10-3-1-9(2-4-10)12-7-19-8-13-11(12)5-6-21-13/h1-8,18H. The van der Waals surface area contributed by atoms with Crippen LogP contribution in [-0.4, -0.2) is 14.7 Å². The van der Waals surface area contributed by atoms with Crippen molar-refractivity contribution < 1.29 is 17.4 Å². The maximum absolute atomic E-state index is 12.6. The van der Waals surface area contributed by atoms with Gasteiger partial charge in [0.05, 0.1) is 9.60 Å². The summed E-state index contributed by atoms with van der Waals surface area (Å²) >= 11 is 1.52. The van der Waals surface area contributed by atoms with Crippen molar-refractivity contribution >= 4 is 31.2 Å². The van der Waals surface area contributed by atoms with Crippen LogP contribution in [0.5, 0.6) is 0 Å². The second-order valence-electron chi connectivity index (χ2n) is 4.55. The molecule has 0 aliphatic carbocycles. The van der Waals surface area contributed by atoms with Crippen molar-refractivity contribution in [3.63, 3.8) is 0 Å². The number of hydrogen-bond acceptors (Lipinski definition) is 4. The summed E-state index contributed by atoms with van der Waals surface area (Å²) in [5.74, 6) is 0. The first-order valence-electron chi connectivity index (χ1n) is 6.07. The van der Waals surface area contributed by atoms with E-state index in [2.05, 4.69) is 4.98 Å². The van der Waals surface area contributed by atoms with Crippen molar-refractivity contribution in [2.75, 3.05) is 0 Å². The van der Waals surface area contributed by atoms with Crippen molar-refractivity contribution in [2.24, 2.45) is 0 Å². The van der Waals surface area contributed by atoms with Gasteiger partial charge in [0.15, 0.2) is 9.73 Å². The van der Waals surface area contributed by atoms with E-state index in [0.29, 0.717) is 5.56 Å². The lowest BCUT2D eigenvalue weighted by Gasteiger charge is -2.11. The number of alkyl halides is 3. The molecule has 3 aromatic rings. The van der Waals surface area contributed by atoms with Crippen LogP contribution in [0.1, 0.15) is 0 Å². The van der Waals surface area contributed by atoms with Gasteiger partial charge in [-0.2, -0.15) is 13.2 Å². The molecular weight excluding hydrogens is 333 g/mol. The maximum atomic E-state index is 12.6. The van der Waals surface area contributed by atoms with Gasteiger partial charge in [-0.05, 0) is 29.1 Å². The predicted octanol–water partition coefficient (Wildman–Crippen LogP) is 4.89. The second kappa shape index (κ2) is 5.06. The molecule has 8 heteroatoms. The lowest BCUT2D eigenvalue weighted by Crippen LogP contribution is -2.21. The normalized spacial score (nSPS) is 14.9. The Morgan fingerprint density at radius 3 is 2.41 bits per heavy atom. The minimum atomic E-state index is -5.08. The number of benzene rings is 1. The van der Waals surface area contributed by atoms with Gasteiger partial charge in [-0.25, -0.2) is 8.99 Å². The molecule has 1 aromatic carbocycles. The molecule has 0 aliphatic rings. The molecule has 0 spiro atoms. The van der Waals surface area contributed by atoms with Crippen LogP contribution in [-0.2, 0) is 9.73 Å². The molecule has 0 amide bonds. The van der Waals surface area contributed by atoms with Crippen molar-refractivity contribution in [3.05, 3.63) is 48.1 Å². The minimum Gasteiger partial charge on any atom is -0.263 e. The molecule has 3 rings (SSSR count). The van der Waals surface area contributed by atoms with E-state index in [1.54, 1.807) is 12.4 Å². The molecule has 0 fully saturated rings. The van der Waals surface area contributed by atoms with Gasteiger partial charge in [-0.15, -0.1) is 11.3 Å². The molecule has 1 N–H and O–H groups in total. The van der Waals surface area contributed by atoms with Crippen LogP contribution in [0, 0.1) is 4.78 Å². The first-order valence-corrected chi connectivity index (χ1v) is 8.51. The Morgan fingerprint density at radius 1 is 1.09 bits per heavy atom. The van der Waals surface area contributed by atoms with Crippen LogP contribution in [0.25, 0.3) is 21.2 Å². The average molecular weight is 342 g/mol. The Bertz CT molecular complexity index is 929. The van der Waals surface area contributed by atoms with E-state index in [4.69, 9.17) is 4.78 Å². The summed E-state index contributed by atoms with van der Waals surface area (Å²) in [6.45, 7) is 0. The highest BCUT2D eigenvalue weighted by atomic mass is 32.2. The minimum absolute atomic E-state index is 0.547. The highest BCUT2D eigenvalue weighted by molar-refractivity contribution is 7.93. The van der Waals surface area contributed by atoms with E-state index in [-0.39, 0.29) is 0 Å². The van der Waals surface area contributed by atoms with Crippen LogP contribution in [0.15, 0.2) is 53.0 Å². The fourth-order valence-electron chi connectivity index (χ4n) is 2.08. The average Bonchev–Trinajstić information content (AvgIpc) is 2.94. The van der Waals surface area contributed by atoms with Crippen LogP contribution >= 0.6 is 11.3 Å². The van der Waals surface area contributed by atoms with E-state index < -0.39 is 20.1 Å².